The number of rotatable bonds is 6. The molecule has 3 heterocycles. The molecule has 4 rings (SSSR count). The van der Waals surface area contributed by atoms with Crippen molar-refractivity contribution in [2.75, 3.05) is 12.4 Å². The third-order valence-corrected chi connectivity index (χ3v) is 5.35. The molecule has 0 saturated heterocycles. The molecule has 0 spiro atoms. The molecule has 0 unspecified atom stereocenters. The van der Waals surface area contributed by atoms with Crippen molar-refractivity contribution in [3.63, 3.8) is 0 Å². The molecule has 7 nitrogen and oxygen atoms in total. The predicted octanol–water partition coefficient (Wildman–Crippen LogP) is 5.27. The maximum atomic E-state index is 12.3. The second kappa shape index (κ2) is 8.93. The van der Waals surface area contributed by atoms with E-state index in [0.29, 0.717) is 28.1 Å². The van der Waals surface area contributed by atoms with E-state index in [9.17, 15) is 4.79 Å². The minimum Gasteiger partial charge on any atom is -0.495 e. The maximum absolute atomic E-state index is 12.3. The molecule has 0 fully saturated rings. The number of thiazole rings is 1. The van der Waals surface area contributed by atoms with E-state index in [-0.39, 0.29) is 5.91 Å². The molecule has 0 aliphatic rings. The molecule has 0 atom stereocenters. The zero-order chi connectivity index (χ0) is 21.8. The predicted molar refractivity (Wildman–Crippen MR) is 120 cm³/mol. The van der Waals surface area contributed by atoms with Crippen molar-refractivity contribution in [3.8, 4) is 28.6 Å². The number of carbonyl (C=O) groups excluding carboxylic acids is 1. The van der Waals surface area contributed by atoms with Crippen LogP contribution < -0.4 is 14.8 Å². The number of nitrogens with zero attached hydrogens (tertiary/aromatic N) is 3. The number of aryl methyl sites for hydroxylation is 2. The molecular weight excluding hydrogens is 412 g/mol. The van der Waals surface area contributed by atoms with Crippen LogP contribution in [0.15, 0.2) is 60.4 Å². The summed E-state index contributed by atoms with van der Waals surface area (Å²) in [6.07, 6.45) is 4.78. The Labute approximate surface area is 183 Å². The Bertz CT molecular complexity index is 1180. The number of carbonyl (C=O) groups is 1. The number of pyridine rings is 2. The van der Waals surface area contributed by atoms with E-state index in [1.54, 1.807) is 50.0 Å². The summed E-state index contributed by atoms with van der Waals surface area (Å²) in [5.41, 5.74) is 4.38. The van der Waals surface area contributed by atoms with Crippen LogP contribution in [0.1, 0.15) is 21.5 Å². The Kier molecular flexibility index (Phi) is 5.90. The van der Waals surface area contributed by atoms with Gasteiger partial charge in [0.25, 0.3) is 5.91 Å². The number of hydrogen-bond acceptors (Lipinski definition) is 7. The summed E-state index contributed by atoms with van der Waals surface area (Å²) in [6, 6.07) is 10.8. The van der Waals surface area contributed by atoms with Gasteiger partial charge in [-0.25, -0.2) is 9.97 Å². The number of methoxy groups -OCH3 is 1. The third-order valence-electron chi connectivity index (χ3n) is 4.60. The molecule has 4 aromatic rings. The molecule has 156 valence electrons. The average Bonchev–Trinajstić information content (AvgIpc) is 3.22. The number of anilines is 1. The first-order valence-corrected chi connectivity index (χ1v) is 10.4. The van der Waals surface area contributed by atoms with Gasteiger partial charge in [0.1, 0.15) is 11.5 Å². The minimum atomic E-state index is -0.215. The van der Waals surface area contributed by atoms with Gasteiger partial charge in [-0.2, -0.15) is 0 Å². The highest BCUT2D eigenvalue weighted by atomic mass is 32.1. The van der Waals surface area contributed by atoms with Crippen LogP contribution in [0, 0.1) is 13.8 Å². The Morgan fingerprint density at radius 2 is 1.77 bits per heavy atom. The Morgan fingerprint density at radius 1 is 1.03 bits per heavy atom. The summed E-state index contributed by atoms with van der Waals surface area (Å²) in [5.74, 6) is 1.64. The standard InChI is InChI=1S/C23H20N4O3S/c1-14-10-18(30-20-5-4-17(29-3)12-25-20)11-15(2)21(14)19-13-31-23(26-19)27-22(28)16-6-8-24-9-7-16/h4-13H,1-3H3,(H,26,27,28). The van der Waals surface area contributed by atoms with Gasteiger partial charge in [0.15, 0.2) is 5.13 Å². The van der Waals surface area contributed by atoms with Gasteiger partial charge in [0.2, 0.25) is 5.88 Å². The molecule has 0 bridgehead atoms. The number of aromatic nitrogens is 3. The third kappa shape index (κ3) is 4.70. The minimum absolute atomic E-state index is 0.215. The van der Waals surface area contributed by atoms with Crippen molar-refractivity contribution >= 4 is 22.4 Å². The number of nitrogens with one attached hydrogen (secondary N) is 1. The molecule has 31 heavy (non-hydrogen) atoms. The van der Waals surface area contributed by atoms with E-state index in [1.807, 2.05) is 31.4 Å². The van der Waals surface area contributed by atoms with E-state index < -0.39 is 0 Å². The fraction of sp³-hybridized carbons (Fsp3) is 0.130. The van der Waals surface area contributed by atoms with Crippen LogP contribution in [0.2, 0.25) is 0 Å². The average molecular weight is 433 g/mol. The van der Waals surface area contributed by atoms with Gasteiger partial charge in [-0.15, -0.1) is 11.3 Å². The normalized spacial score (nSPS) is 10.5. The van der Waals surface area contributed by atoms with Gasteiger partial charge in [0.05, 0.1) is 19.0 Å². The highest BCUT2D eigenvalue weighted by Crippen LogP contribution is 2.34. The molecule has 8 heteroatoms. The van der Waals surface area contributed by atoms with Gasteiger partial charge < -0.3 is 9.47 Å². The topological polar surface area (TPSA) is 86.2 Å². The van der Waals surface area contributed by atoms with Crippen molar-refractivity contribution in [2.45, 2.75) is 13.8 Å². The summed E-state index contributed by atoms with van der Waals surface area (Å²) < 4.78 is 11.0. The van der Waals surface area contributed by atoms with Crippen molar-refractivity contribution in [2.24, 2.45) is 0 Å². The monoisotopic (exact) mass is 432 g/mol. The van der Waals surface area contributed by atoms with Crippen molar-refractivity contribution in [3.05, 3.63) is 77.1 Å². The van der Waals surface area contributed by atoms with Crippen molar-refractivity contribution < 1.29 is 14.3 Å². The summed E-state index contributed by atoms with van der Waals surface area (Å²) in [5, 5.41) is 5.31. The Hall–Kier alpha value is -3.78. The molecule has 0 saturated carbocycles. The lowest BCUT2D eigenvalue weighted by Gasteiger charge is -2.12. The fourth-order valence-electron chi connectivity index (χ4n) is 3.17. The SMILES string of the molecule is COc1ccc(Oc2cc(C)c(-c3csc(NC(=O)c4ccncc4)n3)c(C)c2)nc1. The lowest BCUT2D eigenvalue weighted by atomic mass is 10.0. The molecule has 1 N–H and O–H groups in total. The number of hydrogen-bond donors (Lipinski definition) is 1. The van der Waals surface area contributed by atoms with E-state index in [2.05, 4.69) is 20.3 Å². The van der Waals surface area contributed by atoms with Gasteiger partial charge in [-0.3, -0.25) is 15.1 Å². The van der Waals surface area contributed by atoms with Crippen LogP contribution in [-0.2, 0) is 0 Å². The Balaban J connectivity index is 1.52. The summed E-state index contributed by atoms with van der Waals surface area (Å²) >= 11 is 1.38. The van der Waals surface area contributed by atoms with Crippen LogP contribution in [0.4, 0.5) is 5.13 Å². The van der Waals surface area contributed by atoms with Crippen molar-refractivity contribution in [1.82, 2.24) is 15.0 Å². The second-order valence-corrected chi connectivity index (χ2v) is 7.66. The second-order valence-electron chi connectivity index (χ2n) is 6.80. The molecule has 1 amide bonds. The zero-order valence-corrected chi connectivity index (χ0v) is 18.1. The number of benzene rings is 1. The van der Waals surface area contributed by atoms with E-state index in [1.165, 1.54) is 11.3 Å². The fourth-order valence-corrected chi connectivity index (χ4v) is 3.87. The van der Waals surface area contributed by atoms with E-state index in [4.69, 9.17) is 9.47 Å². The quantitative estimate of drug-likeness (QED) is 0.447. The van der Waals surface area contributed by atoms with Gasteiger partial charge in [0, 0.05) is 35.0 Å². The molecule has 0 radical (unpaired) electrons. The summed E-state index contributed by atoms with van der Waals surface area (Å²) in [4.78, 5) is 25.1. The molecule has 3 aromatic heterocycles. The first kappa shape index (κ1) is 20.5. The molecule has 1 aromatic carbocycles. The lowest BCUT2D eigenvalue weighted by molar-refractivity contribution is 0.102. The van der Waals surface area contributed by atoms with Crippen LogP contribution in [0.5, 0.6) is 17.4 Å². The van der Waals surface area contributed by atoms with E-state index in [0.717, 1.165) is 22.4 Å². The molecule has 0 aliphatic carbocycles. The summed E-state index contributed by atoms with van der Waals surface area (Å²) in [7, 11) is 1.59. The highest BCUT2D eigenvalue weighted by Gasteiger charge is 2.14. The van der Waals surface area contributed by atoms with Gasteiger partial charge >= 0.3 is 0 Å². The smallest absolute Gasteiger partial charge is 0.257 e. The Morgan fingerprint density at radius 3 is 2.42 bits per heavy atom. The van der Waals surface area contributed by atoms with E-state index >= 15 is 0 Å². The van der Waals surface area contributed by atoms with Crippen LogP contribution in [-0.4, -0.2) is 28.0 Å². The first-order chi connectivity index (χ1) is 15.0. The lowest BCUT2D eigenvalue weighted by Crippen LogP contribution is -2.11. The molecule has 0 aliphatic heterocycles. The number of ether oxygens (including phenoxy) is 2. The number of amides is 1. The zero-order valence-electron chi connectivity index (χ0n) is 17.2. The van der Waals surface area contributed by atoms with Gasteiger partial charge in [-0.1, -0.05) is 0 Å². The maximum Gasteiger partial charge on any atom is 0.257 e. The van der Waals surface area contributed by atoms with Crippen LogP contribution in [0.3, 0.4) is 0 Å². The first-order valence-electron chi connectivity index (χ1n) is 9.50. The molecular formula is C23H20N4O3S. The van der Waals surface area contributed by atoms with Crippen LogP contribution in [0.25, 0.3) is 11.3 Å². The van der Waals surface area contributed by atoms with Gasteiger partial charge in [-0.05, 0) is 55.3 Å². The van der Waals surface area contributed by atoms with Crippen molar-refractivity contribution in [1.29, 1.82) is 0 Å². The largest absolute Gasteiger partial charge is 0.495 e. The summed E-state index contributed by atoms with van der Waals surface area (Å²) in [6.45, 7) is 4.01. The highest BCUT2D eigenvalue weighted by molar-refractivity contribution is 7.14. The van der Waals surface area contributed by atoms with Crippen LogP contribution >= 0.6 is 11.3 Å².